The van der Waals surface area contributed by atoms with Crippen LogP contribution in [-0.4, -0.2) is 37.0 Å². The van der Waals surface area contributed by atoms with E-state index >= 15 is 0 Å². The molecule has 4 N–H and O–H groups in total. The number of nitrogens with two attached hydrogens (primary N) is 1. The highest BCUT2D eigenvalue weighted by molar-refractivity contribution is 7.99. The summed E-state index contributed by atoms with van der Waals surface area (Å²) < 4.78 is 0. The van der Waals surface area contributed by atoms with Gasteiger partial charge in [0, 0.05) is 5.25 Å². The molecule has 2 atom stereocenters. The van der Waals surface area contributed by atoms with Crippen molar-refractivity contribution in [3.63, 3.8) is 0 Å². The van der Waals surface area contributed by atoms with Gasteiger partial charge in [-0.15, -0.1) is 5.10 Å². The van der Waals surface area contributed by atoms with E-state index < -0.39 is 11.5 Å². The number of carboxylic acids is 1. The number of aromatic nitrogens is 3. The van der Waals surface area contributed by atoms with E-state index in [4.69, 9.17) is 10.8 Å². The van der Waals surface area contributed by atoms with Crippen LogP contribution in [0, 0.1) is 6.92 Å². The number of hydrogen-bond acceptors (Lipinski definition) is 5. The number of nitrogens with zero attached hydrogens (tertiary/aromatic N) is 2. The van der Waals surface area contributed by atoms with Crippen molar-refractivity contribution in [3.8, 4) is 0 Å². The molecule has 0 aliphatic carbocycles. The summed E-state index contributed by atoms with van der Waals surface area (Å²) in [6.07, 6.45) is 0.362. The van der Waals surface area contributed by atoms with Crippen molar-refractivity contribution >= 4 is 17.7 Å². The van der Waals surface area contributed by atoms with Crippen LogP contribution < -0.4 is 5.73 Å². The second-order valence-corrected chi connectivity index (χ2v) is 5.46. The lowest BCUT2D eigenvalue weighted by atomic mass is 9.98. The van der Waals surface area contributed by atoms with Gasteiger partial charge in [-0.3, -0.25) is 9.89 Å². The zero-order chi connectivity index (χ0) is 12.3. The van der Waals surface area contributed by atoms with Crippen LogP contribution in [0.5, 0.6) is 0 Å². The smallest absolute Gasteiger partial charge is 0.323 e. The summed E-state index contributed by atoms with van der Waals surface area (Å²) in [6, 6.07) is 0. The predicted octanol–water partition coefficient (Wildman–Crippen LogP) is 0.786. The maximum atomic E-state index is 10.8. The van der Waals surface area contributed by atoms with Gasteiger partial charge in [-0.2, -0.15) is 0 Å². The number of aliphatic carboxylic acids is 1. The monoisotopic (exact) mass is 244 g/mol. The Labute approximate surface area is 98.0 Å². The van der Waals surface area contributed by atoms with Crippen LogP contribution in [0.1, 0.15) is 26.1 Å². The second-order valence-electron chi connectivity index (χ2n) is 4.06. The molecule has 0 aromatic carbocycles. The molecule has 2 unspecified atom stereocenters. The third kappa shape index (κ3) is 3.49. The lowest BCUT2D eigenvalue weighted by molar-refractivity contribution is -0.142. The maximum Gasteiger partial charge on any atom is 0.323 e. The van der Waals surface area contributed by atoms with Gasteiger partial charge < -0.3 is 10.8 Å². The van der Waals surface area contributed by atoms with Gasteiger partial charge >= 0.3 is 5.97 Å². The molecule has 1 heterocycles. The molecule has 0 fully saturated rings. The highest BCUT2D eigenvalue weighted by atomic mass is 32.2. The molecule has 0 saturated carbocycles. The summed E-state index contributed by atoms with van der Waals surface area (Å²) in [7, 11) is 0. The SMILES string of the molecule is Cc1nc(SC(C)CC(C)(N)C(=O)O)n[nH]1. The molecular weight excluding hydrogens is 228 g/mol. The Morgan fingerprint density at radius 3 is 2.81 bits per heavy atom. The van der Waals surface area contributed by atoms with Crippen molar-refractivity contribution in [2.24, 2.45) is 5.73 Å². The molecule has 0 saturated heterocycles. The van der Waals surface area contributed by atoms with Crippen LogP contribution in [-0.2, 0) is 4.79 Å². The maximum absolute atomic E-state index is 10.8. The number of hydrogen-bond donors (Lipinski definition) is 3. The normalized spacial score (nSPS) is 16.8. The average Bonchev–Trinajstić information content (AvgIpc) is 2.49. The minimum Gasteiger partial charge on any atom is -0.480 e. The van der Waals surface area contributed by atoms with Crippen LogP contribution in [0.25, 0.3) is 0 Å². The first-order chi connectivity index (χ1) is 7.31. The number of nitrogens with one attached hydrogen (secondary N) is 1. The summed E-state index contributed by atoms with van der Waals surface area (Å²) in [5, 5.41) is 16.2. The highest BCUT2D eigenvalue weighted by Crippen LogP contribution is 2.25. The fraction of sp³-hybridized carbons (Fsp3) is 0.667. The minimum atomic E-state index is -1.21. The van der Waals surface area contributed by atoms with Gasteiger partial charge in [0.15, 0.2) is 0 Å². The van der Waals surface area contributed by atoms with E-state index in [1.54, 1.807) is 0 Å². The molecule has 0 amide bonds. The van der Waals surface area contributed by atoms with Gasteiger partial charge in [-0.25, -0.2) is 4.98 Å². The molecule has 16 heavy (non-hydrogen) atoms. The molecule has 0 radical (unpaired) electrons. The first-order valence-corrected chi connectivity index (χ1v) is 5.77. The first-order valence-electron chi connectivity index (χ1n) is 4.89. The molecular formula is C9H16N4O2S. The molecule has 0 aliphatic heterocycles. The number of thioether (sulfide) groups is 1. The van der Waals surface area contributed by atoms with Gasteiger partial charge in [0.1, 0.15) is 11.4 Å². The van der Waals surface area contributed by atoms with Crippen LogP contribution in [0.3, 0.4) is 0 Å². The molecule has 1 aromatic heterocycles. The van der Waals surface area contributed by atoms with Crippen molar-refractivity contribution in [2.75, 3.05) is 0 Å². The van der Waals surface area contributed by atoms with Crippen LogP contribution >= 0.6 is 11.8 Å². The van der Waals surface area contributed by atoms with E-state index in [-0.39, 0.29) is 5.25 Å². The minimum absolute atomic E-state index is 0.0429. The Balaban J connectivity index is 2.54. The Morgan fingerprint density at radius 1 is 1.75 bits per heavy atom. The molecule has 7 heteroatoms. The standard InChI is InChI=1S/C9H16N4O2S/c1-5(4-9(3,10)7(14)15)16-8-11-6(2)12-13-8/h5H,4,10H2,1-3H3,(H,14,15)(H,11,12,13). The van der Waals surface area contributed by atoms with Gasteiger partial charge in [-0.05, 0) is 20.3 Å². The van der Waals surface area contributed by atoms with Gasteiger partial charge in [-0.1, -0.05) is 18.7 Å². The summed E-state index contributed by atoms with van der Waals surface area (Å²) in [4.78, 5) is 15.0. The van der Waals surface area contributed by atoms with Crippen LogP contribution in [0.2, 0.25) is 0 Å². The van der Waals surface area contributed by atoms with Gasteiger partial charge in [0.25, 0.3) is 0 Å². The Hall–Kier alpha value is -1.08. The molecule has 0 spiro atoms. The largest absolute Gasteiger partial charge is 0.480 e. The van der Waals surface area contributed by atoms with E-state index in [9.17, 15) is 4.79 Å². The first kappa shape index (κ1) is 13.0. The van der Waals surface area contributed by atoms with Crippen molar-refractivity contribution in [1.29, 1.82) is 0 Å². The van der Waals surface area contributed by atoms with E-state index in [1.165, 1.54) is 18.7 Å². The van der Waals surface area contributed by atoms with Crippen molar-refractivity contribution < 1.29 is 9.90 Å². The number of carboxylic acid groups (broad SMARTS) is 1. The van der Waals surface area contributed by atoms with Gasteiger partial charge in [0.2, 0.25) is 5.16 Å². The molecule has 6 nitrogen and oxygen atoms in total. The van der Waals surface area contributed by atoms with E-state index in [0.717, 1.165) is 5.82 Å². The van der Waals surface area contributed by atoms with E-state index in [2.05, 4.69) is 15.2 Å². The fourth-order valence-electron chi connectivity index (χ4n) is 1.28. The third-order valence-corrected chi connectivity index (χ3v) is 3.05. The molecule has 1 aromatic rings. The fourth-order valence-corrected chi connectivity index (χ4v) is 2.36. The number of rotatable bonds is 5. The molecule has 1 rings (SSSR count). The van der Waals surface area contributed by atoms with Crippen molar-refractivity contribution in [1.82, 2.24) is 15.2 Å². The number of carbonyl (C=O) groups is 1. The van der Waals surface area contributed by atoms with Crippen LogP contribution in [0.4, 0.5) is 0 Å². The predicted molar refractivity (Wildman–Crippen MR) is 61.3 cm³/mol. The Morgan fingerprint density at radius 2 is 2.38 bits per heavy atom. The van der Waals surface area contributed by atoms with Gasteiger partial charge in [0.05, 0.1) is 0 Å². The highest BCUT2D eigenvalue weighted by Gasteiger charge is 2.30. The summed E-state index contributed by atoms with van der Waals surface area (Å²) in [5.74, 6) is -0.255. The Kier molecular flexibility index (Phi) is 3.93. The van der Waals surface area contributed by atoms with E-state index in [1.807, 2.05) is 13.8 Å². The quantitative estimate of drug-likeness (QED) is 0.661. The van der Waals surface area contributed by atoms with E-state index in [0.29, 0.717) is 11.6 Å². The average molecular weight is 244 g/mol. The lowest BCUT2D eigenvalue weighted by Gasteiger charge is -2.22. The summed E-state index contributed by atoms with van der Waals surface area (Å²) in [5.41, 5.74) is 4.45. The van der Waals surface area contributed by atoms with Crippen molar-refractivity contribution in [2.45, 2.75) is 43.1 Å². The Bertz CT molecular complexity index is 377. The zero-order valence-corrected chi connectivity index (χ0v) is 10.3. The second kappa shape index (κ2) is 4.84. The lowest BCUT2D eigenvalue weighted by Crippen LogP contribution is -2.46. The third-order valence-electron chi connectivity index (χ3n) is 2.08. The molecule has 90 valence electrons. The summed E-state index contributed by atoms with van der Waals surface area (Å²) in [6.45, 7) is 5.23. The number of H-pyrrole nitrogens is 1. The molecule has 0 aliphatic rings. The number of aryl methyl sites for hydroxylation is 1. The zero-order valence-electron chi connectivity index (χ0n) is 9.52. The molecule has 0 bridgehead atoms. The summed E-state index contributed by atoms with van der Waals surface area (Å²) >= 11 is 1.41. The number of aromatic amines is 1. The van der Waals surface area contributed by atoms with Crippen LogP contribution in [0.15, 0.2) is 5.16 Å². The topological polar surface area (TPSA) is 105 Å². The van der Waals surface area contributed by atoms with Crippen molar-refractivity contribution in [3.05, 3.63) is 5.82 Å².